The molecule has 1 unspecified atom stereocenters. The zero-order valence-electron chi connectivity index (χ0n) is 9.81. The van der Waals surface area contributed by atoms with Crippen molar-refractivity contribution in [2.45, 2.75) is 64.3 Å². The Balaban J connectivity index is 1.87. The highest BCUT2D eigenvalue weighted by Crippen LogP contribution is 2.50. The van der Waals surface area contributed by atoms with Gasteiger partial charge in [-0.3, -0.25) is 0 Å². The van der Waals surface area contributed by atoms with Crippen molar-refractivity contribution in [3.63, 3.8) is 0 Å². The van der Waals surface area contributed by atoms with Gasteiger partial charge in [-0.05, 0) is 63.3 Å². The minimum absolute atomic E-state index is 0.763. The lowest BCUT2D eigenvalue weighted by Gasteiger charge is -2.37. The van der Waals surface area contributed by atoms with Crippen LogP contribution in [0.25, 0.3) is 0 Å². The van der Waals surface area contributed by atoms with Crippen LogP contribution in [0.4, 0.5) is 0 Å². The summed E-state index contributed by atoms with van der Waals surface area (Å²) in [5.74, 6) is 1.05. The third-order valence-corrected chi connectivity index (χ3v) is 4.85. The molecule has 1 atom stereocenters. The second-order valence-corrected chi connectivity index (χ2v) is 5.58. The molecule has 2 saturated carbocycles. The van der Waals surface area contributed by atoms with Crippen LogP contribution in [0, 0.1) is 11.3 Å². The molecule has 82 valence electrons. The predicted octanol–water partition coefficient (Wildman–Crippen LogP) is 3.34. The highest BCUT2D eigenvalue weighted by atomic mass is 14.9. The third kappa shape index (κ3) is 1.98. The van der Waals surface area contributed by atoms with Crippen molar-refractivity contribution in [3.05, 3.63) is 0 Å². The first-order valence-electron chi connectivity index (χ1n) is 6.45. The van der Waals surface area contributed by atoms with Crippen molar-refractivity contribution in [1.29, 1.82) is 0 Å². The molecule has 2 aliphatic rings. The molecule has 0 aliphatic heterocycles. The van der Waals surface area contributed by atoms with Crippen LogP contribution in [-0.2, 0) is 0 Å². The van der Waals surface area contributed by atoms with Gasteiger partial charge in [0, 0.05) is 6.04 Å². The molecular weight excluding hydrogens is 170 g/mol. The van der Waals surface area contributed by atoms with Gasteiger partial charge in [0.05, 0.1) is 0 Å². The van der Waals surface area contributed by atoms with Crippen molar-refractivity contribution in [2.75, 3.05) is 7.05 Å². The van der Waals surface area contributed by atoms with Gasteiger partial charge >= 0.3 is 0 Å². The molecule has 2 rings (SSSR count). The Morgan fingerprint density at radius 1 is 1.14 bits per heavy atom. The lowest BCUT2D eigenvalue weighted by Crippen LogP contribution is -2.28. The summed E-state index contributed by atoms with van der Waals surface area (Å²) in [6.07, 6.45) is 11.8. The van der Waals surface area contributed by atoms with Gasteiger partial charge in [0.2, 0.25) is 0 Å². The first-order chi connectivity index (χ1) is 6.78. The van der Waals surface area contributed by atoms with E-state index in [0.717, 1.165) is 17.4 Å². The Morgan fingerprint density at radius 2 is 1.79 bits per heavy atom. The van der Waals surface area contributed by atoms with Gasteiger partial charge in [0.1, 0.15) is 0 Å². The molecule has 1 heteroatoms. The summed E-state index contributed by atoms with van der Waals surface area (Å²) >= 11 is 0. The molecule has 14 heavy (non-hydrogen) atoms. The molecule has 1 spiro atoms. The number of hydrogen-bond acceptors (Lipinski definition) is 1. The van der Waals surface area contributed by atoms with E-state index in [1.54, 1.807) is 0 Å². The largest absolute Gasteiger partial charge is 0.317 e. The molecule has 0 bridgehead atoms. The van der Waals surface area contributed by atoms with E-state index in [-0.39, 0.29) is 0 Å². The van der Waals surface area contributed by atoms with Crippen LogP contribution in [0.1, 0.15) is 58.3 Å². The number of rotatable bonds is 2. The lowest BCUT2D eigenvalue weighted by molar-refractivity contribution is 0.150. The van der Waals surface area contributed by atoms with Crippen LogP contribution < -0.4 is 5.32 Å². The Hall–Kier alpha value is -0.0400. The van der Waals surface area contributed by atoms with Gasteiger partial charge in [-0.25, -0.2) is 0 Å². The topological polar surface area (TPSA) is 12.0 Å². The molecule has 2 fully saturated rings. The van der Waals surface area contributed by atoms with Crippen LogP contribution in [-0.4, -0.2) is 13.1 Å². The first kappa shape index (κ1) is 10.5. The molecule has 1 N–H and O–H groups in total. The summed E-state index contributed by atoms with van der Waals surface area (Å²) in [7, 11) is 2.13. The Labute approximate surface area is 88.7 Å². The van der Waals surface area contributed by atoms with Crippen molar-refractivity contribution in [1.82, 2.24) is 5.32 Å². The first-order valence-corrected chi connectivity index (χ1v) is 6.45. The van der Waals surface area contributed by atoms with Gasteiger partial charge in [-0.2, -0.15) is 0 Å². The molecule has 0 aromatic carbocycles. The average Bonchev–Trinajstić information content (AvgIpc) is 2.63. The van der Waals surface area contributed by atoms with Crippen LogP contribution in [0.5, 0.6) is 0 Å². The maximum Gasteiger partial charge on any atom is 0.00695 e. The van der Waals surface area contributed by atoms with Crippen LogP contribution in [0.2, 0.25) is 0 Å². The van der Waals surface area contributed by atoms with E-state index in [1.165, 1.54) is 51.4 Å². The lowest BCUT2D eigenvalue weighted by atomic mass is 9.69. The second-order valence-electron chi connectivity index (χ2n) is 5.58. The molecule has 1 nitrogen and oxygen atoms in total. The van der Waals surface area contributed by atoms with Crippen molar-refractivity contribution < 1.29 is 0 Å². The molecule has 0 aromatic heterocycles. The van der Waals surface area contributed by atoms with Crippen molar-refractivity contribution in [2.24, 2.45) is 11.3 Å². The highest BCUT2D eigenvalue weighted by molar-refractivity contribution is 4.94. The van der Waals surface area contributed by atoms with Gasteiger partial charge < -0.3 is 5.32 Å². The summed E-state index contributed by atoms with van der Waals surface area (Å²) in [4.78, 5) is 0. The summed E-state index contributed by atoms with van der Waals surface area (Å²) in [5.41, 5.74) is 0.763. The minimum Gasteiger partial charge on any atom is -0.317 e. The SMILES string of the molecule is CCC1CCC2(CC1)CCC(NC)C2. The highest BCUT2D eigenvalue weighted by Gasteiger charge is 2.40. The summed E-state index contributed by atoms with van der Waals surface area (Å²) in [6.45, 7) is 2.35. The van der Waals surface area contributed by atoms with E-state index >= 15 is 0 Å². The predicted molar refractivity (Wildman–Crippen MR) is 61.4 cm³/mol. The van der Waals surface area contributed by atoms with E-state index in [4.69, 9.17) is 0 Å². The molecule has 0 radical (unpaired) electrons. The molecule has 2 aliphatic carbocycles. The van der Waals surface area contributed by atoms with E-state index in [0.29, 0.717) is 0 Å². The molecule has 0 aromatic rings. The number of nitrogens with one attached hydrogen (secondary N) is 1. The molecule has 0 heterocycles. The van der Waals surface area contributed by atoms with Gasteiger partial charge in [0.15, 0.2) is 0 Å². The van der Waals surface area contributed by atoms with Crippen LogP contribution in [0.15, 0.2) is 0 Å². The Morgan fingerprint density at radius 3 is 2.29 bits per heavy atom. The summed E-state index contributed by atoms with van der Waals surface area (Å²) in [6, 6.07) is 0.827. The monoisotopic (exact) mass is 195 g/mol. The fourth-order valence-corrected chi connectivity index (χ4v) is 3.61. The van der Waals surface area contributed by atoms with Gasteiger partial charge in [-0.1, -0.05) is 13.3 Å². The zero-order valence-corrected chi connectivity index (χ0v) is 9.81. The Bertz CT molecular complexity index is 180. The van der Waals surface area contributed by atoms with Crippen molar-refractivity contribution >= 4 is 0 Å². The standard InChI is InChI=1S/C13H25N/c1-3-11-4-7-13(8-5-11)9-6-12(10-13)14-2/h11-12,14H,3-10H2,1-2H3. The third-order valence-electron chi connectivity index (χ3n) is 4.85. The smallest absolute Gasteiger partial charge is 0.00695 e. The fourth-order valence-electron chi connectivity index (χ4n) is 3.61. The van der Waals surface area contributed by atoms with E-state index in [2.05, 4.69) is 19.3 Å². The Kier molecular flexibility index (Phi) is 3.16. The maximum absolute atomic E-state index is 3.46. The van der Waals surface area contributed by atoms with Crippen LogP contribution >= 0.6 is 0 Å². The van der Waals surface area contributed by atoms with Crippen molar-refractivity contribution in [3.8, 4) is 0 Å². The fraction of sp³-hybridized carbons (Fsp3) is 1.00. The van der Waals surface area contributed by atoms with Gasteiger partial charge in [0.25, 0.3) is 0 Å². The summed E-state index contributed by atoms with van der Waals surface area (Å²) < 4.78 is 0. The maximum atomic E-state index is 3.46. The molecule has 0 amide bonds. The molecular formula is C13H25N. The van der Waals surface area contributed by atoms with Crippen LogP contribution in [0.3, 0.4) is 0 Å². The summed E-state index contributed by atoms with van der Waals surface area (Å²) in [5, 5.41) is 3.46. The normalized spacial score (nSPS) is 43.3. The minimum atomic E-state index is 0.763. The average molecular weight is 195 g/mol. The van der Waals surface area contributed by atoms with Gasteiger partial charge in [-0.15, -0.1) is 0 Å². The molecule has 0 saturated heterocycles. The van der Waals surface area contributed by atoms with E-state index in [9.17, 15) is 0 Å². The van der Waals surface area contributed by atoms with E-state index < -0.39 is 0 Å². The van der Waals surface area contributed by atoms with E-state index in [1.807, 2.05) is 0 Å². The second kappa shape index (κ2) is 4.22. The zero-order chi connectivity index (χ0) is 10.0. The quantitative estimate of drug-likeness (QED) is 0.712. The number of hydrogen-bond donors (Lipinski definition) is 1.